The quantitative estimate of drug-likeness (QED) is 0.198. The molecule has 41 heavy (non-hydrogen) atoms. The summed E-state index contributed by atoms with van der Waals surface area (Å²) >= 11 is 6.00. The number of aliphatic imine (C=N–C) groups is 1. The molecule has 1 unspecified atom stereocenters. The average molecular weight is 598 g/mol. The van der Waals surface area contributed by atoms with Crippen LogP contribution >= 0.6 is 11.6 Å². The Morgan fingerprint density at radius 2 is 2.02 bits per heavy atom. The molecule has 0 saturated heterocycles. The van der Waals surface area contributed by atoms with Crippen molar-refractivity contribution >= 4 is 51.9 Å². The van der Waals surface area contributed by atoms with Crippen molar-refractivity contribution in [3.8, 4) is 0 Å². The van der Waals surface area contributed by atoms with Gasteiger partial charge in [-0.05, 0) is 23.8 Å². The highest BCUT2D eigenvalue weighted by atomic mass is 35.5. The number of hydrogen-bond acceptors (Lipinski definition) is 8. The molecule has 3 aromatic rings. The monoisotopic (exact) mass is 597 g/mol. The molecule has 0 spiro atoms. The molecule has 1 aromatic heterocycles. The number of guanidine groups is 1. The summed E-state index contributed by atoms with van der Waals surface area (Å²) in [5, 5.41) is 17.3. The Kier molecular flexibility index (Phi) is 8.95. The summed E-state index contributed by atoms with van der Waals surface area (Å²) in [6.07, 6.45) is -4.87. The summed E-state index contributed by atoms with van der Waals surface area (Å²) in [6, 6.07) is 4.83. The van der Waals surface area contributed by atoms with Gasteiger partial charge in [-0.3, -0.25) is 19.5 Å². The van der Waals surface area contributed by atoms with Crippen LogP contribution in [-0.4, -0.2) is 66.9 Å². The van der Waals surface area contributed by atoms with Crippen LogP contribution in [0.5, 0.6) is 0 Å². The molecule has 2 heterocycles. The number of halogens is 5. The molecule has 218 valence electrons. The molecule has 2 aromatic carbocycles. The van der Waals surface area contributed by atoms with E-state index in [0.29, 0.717) is 22.5 Å². The lowest BCUT2D eigenvalue weighted by atomic mass is 10.0. The molecule has 0 bridgehead atoms. The minimum atomic E-state index is -4.76. The number of amides is 2. The highest BCUT2D eigenvalue weighted by Crippen LogP contribution is 2.38. The lowest BCUT2D eigenvalue weighted by Gasteiger charge is -2.21. The van der Waals surface area contributed by atoms with E-state index < -0.39 is 59.7 Å². The standard InChI is InChI=1S/C25H24ClF4N7O4/c1-41-21(39)7-18(14-3-2-4-16(22(14)26)25(28,29)30)35-20(38)11-31-23(40)12-5-17(15-10-34-37-19(15)6-12)36-24-32-8-13(27)9-33-24/h2-6,10,13,18H,7-9,11H2,1H3,(H,31,40)(H,34,37)(H,35,38)(H2,32,33,36)/t18-/m0/s1. The molecular formula is C25H24ClF4N7O4. The van der Waals surface area contributed by atoms with Gasteiger partial charge in [0.2, 0.25) is 5.91 Å². The first kappa shape index (κ1) is 29.6. The number of ether oxygens (including phenoxy) is 1. The fourth-order valence-corrected chi connectivity index (χ4v) is 4.41. The molecule has 2 atom stereocenters. The molecule has 2 amide bonds. The number of aromatic amines is 1. The van der Waals surface area contributed by atoms with Gasteiger partial charge in [0.25, 0.3) is 5.91 Å². The number of nitrogens with one attached hydrogen (secondary N) is 5. The van der Waals surface area contributed by atoms with Crippen molar-refractivity contribution in [2.24, 2.45) is 4.99 Å². The second-order valence-corrected chi connectivity index (χ2v) is 9.32. The molecular weight excluding hydrogens is 574 g/mol. The maximum absolute atomic E-state index is 13.4. The van der Waals surface area contributed by atoms with E-state index in [1.54, 1.807) is 0 Å². The van der Waals surface area contributed by atoms with Gasteiger partial charge in [-0.15, -0.1) is 0 Å². The number of carbonyl (C=O) groups is 3. The zero-order valence-corrected chi connectivity index (χ0v) is 22.1. The van der Waals surface area contributed by atoms with Crippen LogP contribution in [0.2, 0.25) is 5.02 Å². The van der Waals surface area contributed by atoms with Crippen molar-refractivity contribution in [3.05, 3.63) is 58.2 Å². The molecule has 0 aliphatic carbocycles. The van der Waals surface area contributed by atoms with Gasteiger partial charge in [-0.2, -0.15) is 18.3 Å². The predicted octanol–water partition coefficient (Wildman–Crippen LogP) is 3.09. The Morgan fingerprint density at radius 1 is 1.24 bits per heavy atom. The van der Waals surface area contributed by atoms with E-state index >= 15 is 0 Å². The van der Waals surface area contributed by atoms with Gasteiger partial charge in [-0.25, -0.2) is 9.38 Å². The zero-order chi connectivity index (χ0) is 29.7. The average Bonchev–Trinajstić information content (AvgIpc) is 3.41. The topological polar surface area (TPSA) is 150 Å². The Labute approximate surface area is 235 Å². The molecule has 0 fully saturated rings. The van der Waals surface area contributed by atoms with Crippen LogP contribution in [0.1, 0.15) is 33.9 Å². The Morgan fingerprint density at radius 3 is 2.71 bits per heavy atom. The largest absolute Gasteiger partial charge is 0.469 e. The van der Waals surface area contributed by atoms with Gasteiger partial charge < -0.3 is 26.0 Å². The van der Waals surface area contributed by atoms with Crippen molar-refractivity contribution < 1.29 is 36.7 Å². The number of hydrogen-bond donors (Lipinski definition) is 5. The maximum atomic E-state index is 13.4. The summed E-state index contributed by atoms with van der Waals surface area (Å²) < 4.78 is 58.1. The van der Waals surface area contributed by atoms with Gasteiger partial charge in [0.1, 0.15) is 6.17 Å². The minimum absolute atomic E-state index is 0.0260. The Hall–Kier alpha value is -4.40. The smallest absolute Gasteiger partial charge is 0.417 e. The second-order valence-electron chi connectivity index (χ2n) is 8.94. The van der Waals surface area contributed by atoms with Crippen LogP contribution in [0.15, 0.2) is 41.5 Å². The number of alkyl halides is 4. The summed E-state index contributed by atoms with van der Waals surface area (Å²) in [5.74, 6) is -1.96. The first-order valence-electron chi connectivity index (χ1n) is 12.1. The highest BCUT2D eigenvalue weighted by molar-refractivity contribution is 6.32. The lowest BCUT2D eigenvalue weighted by molar-refractivity contribution is -0.141. The first-order valence-corrected chi connectivity index (χ1v) is 12.5. The number of nitrogens with zero attached hydrogens (tertiary/aromatic N) is 2. The van der Waals surface area contributed by atoms with Crippen molar-refractivity contribution in [1.29, 1.82) is 0 Å². The van der Waals surface area contributed by atoms with E-state index in [1.165, 1.54) is 24.4 Å². The summed E-state index contributed by atoms with van der Waals surface area (Å²) in [5.41, 5.74) is -0.228. The SMILES string of the molecule is COC(=O)C[C@H](NC(=O)CNC(=O)c1cc(NC2=NCC(F)CN2)c2cn[nH]c2c1)c1cccc(C(F)(F)F)c1Cl. The van der Waals surface area contributed by atoms with E-state index in [-0.39, 0.29) is 24.2 Å². The van der Waals surface area contributed by atoms with Crippen LogP contribution in [0.25, 0.3) is 10.9 Å². The van der Waals surface area contributed by atoms with Gasteiger partial charge >= 0.3 is 12.1 Å². The van der Waals surface area contributed by atoms with E-state index in [1.807, 2.05) is 0 Å². The van der Waals surface area contributed by atoms with Crippen molar-refractivity contribution in [1.82, 2.24) is 26.1 Å². The van der Waals surface area contributed by atoms with E-state index in [9.17, 15) is 31.9 Å². The third-order valence-electron chi connectivity index (χ3n) is 6.07. The summed E-state index contributed by atoms with van der Waals surface area (Å²) in [6.45, 7) is -0.539. The van der Waals surface area contributed by atoms with Gasteiger partial charge in [0.15, 0.2) is 5.96 Å². The number of esters is 1. The van der Waals surface area contributed by atoms with E-state index in [4.69, 9.17) is 11.6 Å². The van der Waals surface area contributed by atoms with Gasteiger partial charge in [-0.1, -0.05) is 23.7 Å². The van der Waals surface area contributed by atoms with Gasteiger partial charge in [0, 0.05) is 10.9 Å². The lowest BCUT2D eigenvalue weighted by Crippen LogP contribution is -2.41. The molecule has 0 saturated carbocycles. The molecule has 16 heteroatoms. The molecule has 5 N–H and O–H groups in total. The number of fused-ring (bicyclic) bond motifs is 1. The zero-order valence-electron chi connectivity index (χ0n) is 21.4. The number of anilines is 1. The van der Waals surface area contributed by atoms with Crippen molar-refractivity contribution in [2.75, 3.05) is 32.1 Å². The number of methoxy groups -OCH3 is 1. The summed E-state index contributed by atoms with van der Waals surface area (Å²) in [4.78, 5) is 41.7. The van der Waals surface area contributed by atoms with Crippen LogP contribution in [0.4, 0.5) is 23.2 Å². The molecule has 0 radical (unpaired) electrons. The van der Waals surface area contributed by atoms with E-state index in [0.717, 1.165) is 19.2 Å². The number of benzene rings is 2. The molecule has 1 aliphatic rings. The molecule has 4 rings (SSSR count). The fraction of sp³-hybridized carbons (Fsp3) is 0.320. The van der Waals surface area contributed by atoms with Crippen LogP contribution in [0.3, 0.4) is 0 Å². The number of H-pyrrole nitrogens is 1. The third-order valence-corrected chi connectivity index (χ3v) is 6.49. The van der Waals surface area contributed by atoms with Crippen molar-refractivity contribution in [3.63, 3.8) is 0 Å². The number of rotatable bonds is 8. The third kappa shape index (κ3) is 7.22. The van der Waals surface area contributed by atoms with Crippen LogP contribution in [-0.2, 0) is 20.5 Å². The minimum Gasteiger partial charge on any atom is -0.469 e. The fourth-order valence-electron chi connectivity index (χ4n) is 4.05. The highest BCUT2D eigenvalue weighted by Gasteiger charge is 2.35. The maximum Gasteiger partial charge on any atom is 0.417 e. The van der Waals surface area contributed by atoms with Gasteiger partial charge in [0.05, 0.1) is 67.2 Å². The predicted molar refractivity (Wildman–Crippen MR) is 141 cm³/mol. The second kappa shape index (κ2) is 12.4. The molecule has 11 nitrogen and oxygen atoms in total. The number of aromatic nitrogens is 2. The molecule has 1 aliphatic heterocycles. The van der Waals surface area contributed by atoms with Crippen molar-refractivity contribution in [2.45, 2.75) is 24.8 Å². The Bertz CT molecular complexity index is 1490. The normalized spacial score (nSPS) is 15.9. The number of carbonyl (C=O) groups excluding carboxylic acids is 3. The van der Waals surface area contributed by atoms with E-state index in [2.05, 4.69) is 41.2 Å². The Balaban J connectivity index is 1.48. The van der Waals surface area contributed by atoms with Crippen LogP contribution in [0, 0.1) is 0 Å². The first-order chi connectivity index (χ1) is 19.5. The van der Waals surface area contributed by atoms with Crippen LogP contribution < -0.4 is 21.3 Å². The summed E-state index contributed by atoms with van der Waals surface area (Å²) in [7, 11) is 1.09.